The van der Waals surface area contributed by atoms with Gasteiger partial charge in [0, 0.05) is 29.5 Å². The van der Waals surface area contributed by atoms with Crippen LogP contribution in [-0.2, 0) is 0 Å². The zero-order valence-corrected chi connectivity index (χ0v) is 13.0. The van der Waals surface area contributed by atoms with Crippen LogP contribution in [0.25, 0.3) is 0 Å². The van der Waals surface area contributed by atoms with Gasteiger partial charge in [-0.25, -0.2) is 0 Å². The Balaban J connectivity index is 2.30. The third kappa shape index (κ3) is 3.29. The van der Waals surface area contributed by atoms with Crippen molar-refractivity contribution in [2.45, 2.75) is 45.2 Å². The van der Waals surface area contributed by atoms with Gasteiger partial charge in [-0.3, -0.25) is 15.1 Å². The van der Waals surface area contributed by atoms with Gasteiger partial charge < -0.3 is 9.84 Å². The maximum Gasteiger partial charge on any atom is 0.266 e. The molecule has 7 nitrogen and oxygen atoms in total. The van der Waals surface area contributed by atoms with E-state index in [1.54, 1.807) is 6.21 Å². The second-order valence-corrected chi connectivity index (χ2v) is 5.58. The Morgan fingerprint density at radius 2 is 2.00 bits per heavy atom. The van der Waals surface area contributed by atoms with Gasteiger partial charge in [0.25, 0.3) is 5.69 Å². The molecule has 2 rings (SSSR count). The summed E-state index contributed by atoms with van der Waals surface area (Å²) in [5.41, 5.74) is -0.0198. The van der Waals surface area contributed by atoms with Gasteiger partial charge >= 0.3 is 0 Å². The van der Waals surface area contributed by atoms with Crippen LogP contribution in [0.2, 0.25) is 0 Å². The third-order valence-corrected chi connectivity index (χ3v) is 3.96. The van der Waals surface area contributed by atoms with Crippen LogP contribution in [0.1, 0.15) is 38.7 Å². The Hall–Kier alpha value is -2.31. The fourth-order valence-corrected chi connectivity index (χ4v) is 2.74. The summed E-state index contributed by atoms with van der Waals surface area (Å²) in [4.78, 5) is 10.2. The molecule has 1 saturated heterocycles. The van der Waals surface area contributed by atoms with E-state index < -0.39 is 16.4 Å². The number of hydrogen-bond acceptors (Lipinski definition) is 6. The van der Waals surface area contributed by atoms with Gasteiger partial charge in [-0.2, -0.15) is 5.10 Å². The highest BCUT2D eigenvalue weighted by molar-refractivity contribution is 5.82. The van der Waals surface area contributed by atoms with Gasteiger partial charge in [0.15, 0.2) is 0 Å². The number of nitro benzene ring substituents is 1. The molecule has 0 unspecified atom stereocenters. The smallest absolute Gasteiger partial charge is 0.266 e. The van der Waals surface area contributed by atoms with Crippen LogP contribution in [0.15, 0.2) is 17.2 Å². The summed E-state index contributed by atoms with van der Waals surface area (Å²) in [6.07, 6.45) is 4.88. The summed E-state index contributed by atoms with van der Waals surface area (Å²) in [5.74, 6) is -0.764. The highest BCUT2D eigenvalue weighted by Gasteiger charge is 2.22. The van der Waals surface area contributed by atoms with Crippen LogP contribution in [0.4, 0.5) is 5.69 Å². The van der Waals surface area contributed by atoms with E-state index in [0.717, 1.165) is 12.8 Å². The average molecular weight is 306 g/mol. The van der Waals surface area contributed by atoms with Crippen molar-refractivity contribution in [2.75, 3.05) is 7.11 Å². The summed E-state index contributed by atoms with van der Waals surface area (Å²) in [5, 5.41) is 29.2. The molecular formula is C15H20N3O4-. The molecule has 1 fully saturated rings. The standard InChI is InChI=1S/C15H21N3O4/c1-10-5-4-6-11(2)17(10)16-9-12-7-13(18(20)21)15(19)14(8-12)22-3/h7-11,19H,4-6H2,1-3H3/p-1/b16-9-/t10-,11-/m1/s1. The molecule has 22 heavy (non-hydrogen) atoms. The first-order chi connectivity index (χ1) is 10.4. The molecule has 0 aromatic heterocycles. The first-order valence-electron chi connectivity index (χ1n) is 7.29. The topological polar surface area (TPSA) is 91.0 Å². The molecule has 0 bridgehead atoms. The number of rotatable bonds is 4. The highest BCUT2D eigenvalue weighted by atomic mass is 16.6. The number of nitro groups is 1. The van der Waals surface area contributed by atoms with E-state index in [1.165, 1.54) is 25.7 Å². The van der Waals surface area contributed by atoms with E-state index in [1.807, 2.05) is 5.01 Å². The zero-order valence-electron chi connectivity index (χ0n) is 13.0. The van der Waals surface area contributed by atoms with Gasteiger partial charge in [-0.05, 0) is 39.2 Å². The number of methoxy groups -OCH3 is 1. The largest absolute Gasteiger partial charge is 0.865 e. The van der Waals surface area contributed by atoms with E-state index in [9.17, 15) is 15.2 Å². The quantitative estimate of drug-likeness (QED) is 0.483. The van der Waals surface area contributed by atoms with Gasteiger partial charge in [-0.15, -0.1) is 0 Å². The Labute approximate surface area is 129 Å². The second kappa shape index (κ2) is 6.64. The Kier molecular flexibility index (Phi) is 4.85. The molecule has 1 aliphatic heterocycles. The normalized spacial score (nSPS) is 22.0. The number of benzene rings is 1. The van der Waals surface area contributed by atoms with Crippen LogP contribution < -0.4 is 9.84 Å². The maximum atomic E-state index is 11.8. The van der Waals surface area contributed by atoms with E-state index in [0.29, 0.717) is 17.6 Å². The van der Waals surface area contributed by atoms with Crippen molar-refractivity contribution in [1.29, 1.82) is 0 Å². The van der Waals surface area contributed by atoms with Crippen molar-refractivity contribution < 1.29 is 14.8 Å². The van der Waals surface area contributed by atoms with Crippen molar-refractivity contribution in [3.8, 4) is 11.5 Å². The first-order valence-corrected chi connectivity index (χ1v) is 7.29. The van der Waals surface area contributed by atoms with Crippen LogP contribution in [-0.4, -0.2) is 35.3 Å². The molecule has 0 saturated carbocycles. The first kappa shape index (κ1) is 16.1. The molecule has 7 heteroatoms. The van der Waals surface area contributed by atoms with Crippen LogP contribution in [0, 0.1) is 10.1 Å². The lowest BCUT2D eigenvalue weighted by Crippen LogP contribution is -2.39. The van der Waals surface area contributed by atoms with Crippen LogP contribution in [0.3, 0.4) is 0 Å². The molecule has 1 aromatic rings. The van der Waals surface area contributed by atoms with Crippen molar-refractivity contribution >= 4 is 11.9 Å². The van der Waals surface area contributed by atoms with Crippen molar-refractivity contribution in [2.24, 2.45) is 5.10 Å². The summed E-state index contributed by atoms with van der Waals surface area (Å²) in [6, 6.07) is 3.36. The maximum absolute atomic E-state index is 11.8. The monoisotopic (exact) mass is 306 g/mol. The van der Waals surface area contributed by atoms with Crippen LogP contribution in [0.5, 0.6) is 11.5 Å². The SMILES string of the molecule is COc1cc(/C=N\N2[C@H](C)CCC[C@H]2C)cc([N+](=O)[O-])c1[O-]. The van der Waals surface area contributed by atoms with Gasteiger partial charge in [-0.1, -0.05) is 0 Å². The van der Waals surface area contributed by atoms with Crippen molar-refractivity contribution in [1.82, 2.24) is 5.01 Å². The number of hydrazone groups is 1. The van der Waals surface area contributed by atoms with Gasteiger partial charge in [0.1, 0.15) is 5.75 Å². The second-order valence-electron chi connectivity index (χ2n) is 5.58. The highest BCUT2D eigenvalue weighted by Crippen LogP contribution is 2.34. The minimum absolute atomic E-state index is 0.0459. The molecule has 1 aromatic carbocycles. The molecule has 1 heterocycles. The molecular weight excluding hydrogens is 286 g/mol. The number of nitrogens with zero attached hydrogens (tertiary/aromatic N) is 3. The zero-order chi connectivity index (χ0) is 16.3. The number of ether oxygens (including phenoxy) is 1. The molecule has 0 radical (unpaired) electrons. The lowest BCUT2D eigenvalue weighted by molar-refractivity contribution is -0.398. The minimum Gasteiger partial charge on any atom is -0.865 e. The summed E-state index contributed by atoms with van der Waals surface area (Å²) in [7, 11) is 1.32. The fraction of sp³-hybridized carbons (Fsp3) is 0.533. The lowest BCUT2D eigenvalue weighted by atomic mass is 10.00. The van der Waals surface area contributed by atoms with E-state index in [4.69, 9.17) is 4.74 Å². The summed E-state index contributed by atoms with van der Waals surface area (Å²) >= 11 is 0. The van der Waals surface area contributed by atoms with E-state index >= 15 is 0 Å². The Morgan fingerprint density at radius 1 is 1.36 bits per heavy atom. The molecule has 0 N–H and O–H groups in total. The summed E-state index contributed by atoms with van der Waals surface area (Å²) < 4.78 is 4.92. The molecule has 0 spiro atoms. The Bertz CT molecular complexity index is 578. The predicted molar refractivity (Wildman–Crippen MR) is 81.3 cm³/mol. The summed E-state index contributed by atoms with van der Waals surface area (Å²) in [6.45, 7) is 4.22. The molecule has 0 amide bonds. The van der Waals surface area contributed by atoms with E-state index in [2.05, 4.69) is 18.9 Å². The molecule has 2 atom stereocenters. The number of piperidine rings is 1. The van der Waals surface area contributed by atoms with Crippen molar-refractivity contribution in [3.05, 3.63) is 27.8 Å². The van der Waals surface area contributed by atoms with Gasteiger partial charge in [0.05, 0.1) is 18.2 Å². The van der Waals surface area contributed by atoms with Crippen molar-refractivity contribution in [3.63, 3.8) is 0 Å². The van der Waals surface area contributed by atoms with Gasteiger partial charge in [0.2, 0.25) is 0 Å². The van der Waals surface area contributed by atoms with E-state index in [-0.39, 0.29) is 5.75 Å². The molecule has 120 valence electrons. The Morgan fingerprint density at radius 3 is 2.55 bits per heavy atom. The number of hydrogen-bond donors (Lipinski definition) is 0. The molecule has 0 aliphatic carbocycles. The average Bonchev–Trinajstić information content (AvgIpc) is 2.47. The third-order valence-electron chi connectivity index (χ3n) is 3.96. The lowest BCUT2D eigenvalue weighted by Gasteiger charge is -2.36. The van der Waals surface area contributed by atoms with Crippen LogP contribution >= 0.6 is 0 Å². The predicted octanol–water partition coefficient (Wildman–Crippen LogP) is 2.27. The molecule has 1 aliphatic rings. The fourth-order valence-electron chi connectivity index (χ4n) is 2.74. The minimum atomic E-state index is -0.718.